The number of aromatic nitrogens is 3. The molecule has 0 spiro atoms. The Labute approximate surface area is 93.1 Å². The van der Waals surface area contributed by atoms with Gasteiger partial charge in [-0.15, -0.1) is 0 Å². The first-order chi connectivity index (χ1) is 7.11. The lowest BCUT2D eigenvalue weighted by Crippen LogP contribution is -1.99. The van der Waals surface area contributed by atoms with E-state index in [0.29, 0.717) is 21.9 Å². The molecular formula is C9H14ClN5. The summed E-state index contributed by atoms with van der Waals surface area (Å²) < 4.78 is 1.76. The average molecular weight is 228 g/mol. The second-order valence-electron chi connectivity index (χ2n) is 2.75. The smallest absolute Gasteiger partial charge is 0.154 e. The number of halogens is 1. The molecule has 0 fully saturated rings. The van der Waals surface area contributed by atoms with Gasteiger partial charge in [0.05, 0.1) is 11.8 Å². The number of rotatable bonds is 0. The number of imidazole rings is 1. The van der Waals surface area contributed by atoms with Gasteiger partial charge in [0.1, 0.15) is 16.4 Å². The summed E-state index contributed by atoms with van der Waals surface area (Å²) in [5.74, 6) is 0.535. The van der Waals surface area contributed by atoms with E-state index in [1.165, 1.54) is 0 Å². The molecule has 0 saturated heterocycles. The molecule has 0 unspecified atom stereocenters. The average Bonchev–Trinajstić information content (AvgIpc) is 2.61. The maximum atomic E-state index is 5.94. The molecule has 4 N–H and O–H groups in total. The Morgan fingerprint density at radius 2 is 1.87 bits per heavy atom. The summed E-state index contributed by atoms with van der Waals surface area (Å²) in [6.45, 7) is 4.00. The van der Waals surface area contributed by atoms with Crippen LogP contribution in [0.2, 0.25) is 5.02 Å². The van der Waals surface area contributed by atoms with Gasteiger partial charge in [-0.25, -0.2) is 9.97 Å². The largest absolute Gasteiger partial charge is 0.382 e. The normalized spacial score (nSPS) is 9.87. The molecule has 15 heavy (non-hydrogen) atoms. The van der Waals surface area contributed by atoms with E-state index in [-0.39, 0.29) is 5.82 Å². The number of aryl methyl sites for hydroxylation is 1. The predicted octanol–water partition coefficient (Wildman–Crippen LogP) is 1.81. The Morgan fingerprint density at radius 1 is 1.27 bits per heavy atom. The maximum absolute atomic E-state index is 5.94. The number of pyridine rings is 1. The fourth-order valence-corrected chi connectivity index (χ4v) is 1.49. The third-order valence-corrected chi connectivity index (χ3v) is 2.23. The van der Waals surface area contributed by atoms with Gasteiger partial charge in [-0.2, -0.15) is 0 Å². The van der Waals surface area contributed by atoms with Crippen molar-refractivity contribution in [1.82, 2.24) is 14.5 Å². The van der Waals surface area contributed by atoms with Gasteiger partial charge in [0.2, 0.25) is 0 Å². The van der Waals surface area contributed by atoms with Gasteiger partial charge in [-0.3, -0.25) is 0 Å². The molecule has 0 atom stereocenters. The second-order valence-corrected chi connectivity index (χ2v) is 3.13. The number of hydrogen-bond donors (Lipinski definition) is 2. The van der Waals surface area contributed by atoms with Crippen molar-refractivity contribution in [3.05, 3.63) is 11.3 Å². The highest BCUT2D eigenvalue weighted by molar-refractivity contribution is 6.37. The van der Waals surface area contributed by atoms with E-state index in [0.717, 1.165) is 0 Å². The van der Waals surface area contributed by atoms with Crippen LogP contribution in [0, 0.1) is 0 Å². The van der Waals surface area contributed by atoms with Crippen molar-refractivity contribution >= 4 is 34.3 Å². The highest BCUT2D eigenvalue weighted by atomic mass is 35.5. The van der Waals surface area contributed by atoms with Crippen LogP contribution in [0.15, 0.2) is 6.33 Å². The molecule has 2 rings (SSSR count). The molecule has 0 amide bonds. The van der Waals surface area contributed by atoms with Crippen molar-refractivity contribution in [1.29, 1.82) is 0 Å². The highest BCUT2D eigenvalue weighted by Gasteiger charge is 2.12. The number of anilines is 2. The SMILES string of the molecule is CC.Cn1cnc2c(N)nc(N)c(Cl)c21. The van der Waals surface area contributed by atoms with Gasteiger partial charge in [0.25, 0.3) is 0 Å². The van der Waals surface area contributed by atoms with Crippen LogP contribution in [0.5, 0.6) is 0 Å². The summed E-state index contributed by atoms with van der Waals surface area (Å²) in [6.07, 6.45) is 1.62. The van der Waals surface area contributed by atoms with Crippen LogP contribution in [-0.4, -0.2) is 14.5 Å². The first kappa shape index (κ1) is 11.6. The molecule has 0 aliphatic rings. The van der Waals surface area contributed by atoms with Crippen molar-refractivity contribution in [2.75, 3.05) is 11.5 Å². The van der Waals surface area contributed by atoms with E-state index in [4.69, 9.17) is 23.1 Å². The van der Waals surface area contributed by atoms with Crippen LogP contribution in [0.3, 0.4) is 0 Å². The monoisotopic (exact) mass is 227 g/mol. The molecule has 0 aliphatic carbocycles. The van der Waals surface area contributed by atoms with Crippen molar-refractivity contribution < 1.29 is 0 Å². The van der Waals surface area contributed by atoms with Crippen molar-refractivity contribution in [2.45, 2.75) is 13.8 Å². The molecule has 0 aromatic carbocycles. The number of nitrogens with two attached hydrogens (primary N) is 2. The lowest BCUT2D eigenvalue weighted by atomic mass is 10.3. The third kappa shape index (κ3) is 1.83. The molecule has 2 heterocycles. The van der Waals surface area contributed by atoms with Crippen molar-refractivity contribution in [2.24, 2.45) is 7.05 Å². The molecule has 0 saturated carbocycles. The van der Waals surface area contributed by atoms with Gasteiger partial charge in [0.15, 0.2) is 5.82 Å². The van der Waals surface area contributed by atoms with Crippen molar-refractivity contribution in [3.8, 4) is 0 Å². The number of nitrogen functional groups attached to an aromatic ring is 2. The summed E-state index contributed by atoms with van der Waals surface area (Å²) in [6, 6.07) is 0. The maximum Gasteiger partial charge on any atom is 0.154 e. The quantitative estimate of drug-likeness (QED) is 0.719. The van der Waals surface area contributed by atoms with Crippen molar-refractivity contribution in [3.63, 3.8) is 0 Å². The molecule has 2 aromatic rings. The first-order valence-corrected chi connectivity index (χ1v) is 5.00. The van der Waals surface area contributed by atoms with Gasteiger partial charge in [-0.1, -0.05) is 25.4 Å². The predicted molar refractivity (Wildman–Crippen MR) is 63.7 cm³/mol. The van der Waals surface area contributed by atoms with E-state index < -0.39 is 0 Å². The molecule has 2 aromatic heterocycles. The molecule has 82 valence electrons. The van der Waals surface area contributed by atoms with E-state index >= 15 is 0 Å². The Bertz CT molecular complexity index is 477. The molecule has 0 bridgehead atoms. The molecule has 0 aliphatic heterocycles. The Morgan fingerprint density at radius 3 is 2.47 bits per heavy atom. The van der Waals surface area contributed by atoms with Crippen LogP contribution in [0.25, 0.3) is 11.0 Å². The fraction of sp³-hybridized carbons (Fsp3) is 0.333. The van der Waals surface area contributed by atoms with Crippen LogP contribution in [0.1, 0.15) is 13.8 Å². The summed E-state index contributed by atoms with van der Waals surface area (Å²) >= 11 is 5.94. The number of hydrogen-bond acceptors (Lipinski definition) is 4. The third-order valence-electron chi connectivity index (χ3n) is 1.85. The zero-order valence-corrected chi connectivity index (χ0v) is 9.71. The zero-order chi connectivity index (χ0) is 11.6. The Balaban J connectivity index is 0.000000531. The standard InChI is InChI=1S/C7H8ClN5.C2H6/c1-13-2-11-4-5(13)3(8)6(9)12-7(4)10;1-2/h2H,1H3,(H4,9,10,12);1-2H3. The van der Waals surface area contributed by atoms with Crippen LogP contribution in [-0.2, 0) is 7.05 Å². The van der Waals surface area contributed by atoms with E-state index in [1.807, 2.05) is 20.9 Å². The minimum atomic E-state index is 0.232. The van der Waals surface area contributed by atoms with Gasteiger partial charge in [0, 0.05) is 7.05 Å². The topological polar surface area (TPSA) is 82.8 Å². The van der Waals surface area contributed by atoms with Crippen LogP contribution in [0.4, 0.5) is 11.6 Å². The second kappa shape index (κ2) is 4.35. The highest BCUT2D eigenvalue weighted by Crippen LogP contribution is 2.29. The summed E-state index contributed by atoms with van der Waals surface area (Å²) in [7, 11) is 1.82. The Hall–Kier alpha value is -1.49. The van der Waals surface area contributed by atoms with E-state index in [2.05, 4.69) is 9.97 Å². The number of fused-ring (bicyclic) bond motifs is 1. The molecular weight excluding hydrogens is 214 g/mol. The van der Waals surface area contributed by atoms with Gasteiger partial charge >= 0.3 is 0 Å². The molecule has 5 nitrogen and oxygen atoms in total. The van der Waals surface area contributed by atoms with E-state index in [1.54, 1.807) is 10.9 Å². The first-order valence-electron chi connectivity index (χ1n) is 4.62. The summed E-state index contributed by atoms with van der Waals surface area (Å²) in [5.41, 5.74) is 12.5. The lowest BCUT2D eigenvalue weighted by Gasteiger charge is -2.02. The molecule has 0 radical (unpaired) electrons. The van der Waals surface area contributed by atoms with Crippen LogP contribution < -0.4 is 11.5 Å². The van der Waals surface area contributed by atoms with Gasteiger partial charge < -0.3 is 16.0 Å². The minimum absolute atomic E-state index is 0.232. The summed E-state index contributed by atoms with van der Waals surface area (Å²) in [4.78, 5) is 7.92. The van der Waals surface area contributed by atoms with Gasteiger partial charge in [-0.05, 0) is 0 Å². The minimum Gasteiger partial charge on any atom is -0.382 e. The van der Waals surface area contributed by atoms with Crippen LogP contribution >= 0.6 is 11.6 Å². The number of nitrogens with zero attached hydrogens (tertiary/aromatic N) is 3. The van der Waals surface area contributed by atoms with E-state index in [9.17, 15) is 0 Å². The lowest BCUT2D eigenvalue weighted by molar-refractivity contribution is 0.947. The zero-order valence-electron chi connectivity index (χ0n) is 8.95. The Kier molecular flexibility index (Phi) is 3.36. The fourth-order valence-electron chi connectivity index (χ4n) is 1.23. The summed E-state index contributed by atoms with van der Waals surface area (Å²) in [5, 5.41) is 0.393. The molecule has 6 heteroatoms.